The van der Waals surface area contributed by atoms with Crippen LogP contribution in [0.15, 0.2) is 42.6 Å². The first kappa shape index (κ1) is 21.9. The number of ether oxygens (including phenoxy) is 1. The molecular formula is C20H17BF2N6O4. The van der Waals surface area contributed by atoms with E-state index in [1.807, 2.05) is 0 Å². The second-order valence-corrected chi connectivity index (χ2v) is 7.17. The third-order valence-electron chi connectivity index (χ3n) is 4.84. The van der Waals surface area contributed by atoms with E-state index < -0.39 is 28.3 Å². The van der Waals surface area contributed by atoms with Gasteiger partial charge in [-0.15, -0.1) is 0 Å². The molecule has 0 saturated carbocycles. The van der Waals surface area contributed by atoms with Crippen LogP contribution in [0, 0.1) is 21.7 Å². The number of aromatic nitrogens is 2. The molecule has 0 radical (unpaired) electrons. The van der Waals surface area contributed by atoms with Gasteiger partial charge in [-0.25, -0.2) is 13.8 Å². The number of nitro groups is 1. The summed E-state index contributed by atoms with van der Waals surface area (Å²) in [5.41, 5.74) is 0.533. The van der Waals surface area contributed by atoms with E-state index >= 15 is 0 Å². The highest BCUT2D eigenvalue weighted by Gasteiger charge is 2.27. The molecular weight excluding hydrogens is 437 g/mol. The average molecular weight is 454 g/mol. The van der Waals surface area contributed by atoms with E-state index in [1.54, 1.807) is 6.07 Å². The number of halogens is 2. The number of fused-ring (bicyclic) bond motifs is 1. The van der Waals surface area contributed by atoms with Gasteiger partial charge < -0.3 is 20.7 Å². The fourth-order valence-corrected chi connectivity index (χ4v) is 3.42. The van der Waals surface area contributed by atoms with Crippen LogP contribution in [0.25, 0.3) is 0 Å². The quantitative estimate of drug-likeness (QED) is 0.293. The minimum absolute atomic E-state index is 0.0770. The van der Waals surface area contributed by atoms with Gasteiger partial charge in [0.25, 0.3) is 0 Å². The molecule has 1 atom stereocenters. The minimum Gasteiger partial charge on any atom is -0.490 e. The summed E-state index contributed by atoms with van der Waals surface area (Å²) in [6.07, 6.45) is 1.41. The monoisotopic (exact) mass is 454 g/mol. The molecule has 3 N–H and O–H groups in total. The molecule has 1 unspecified atom stereocenters. The molecule has 33 heavy (non-hydrogen) atoms. The van der Waals surface area contributed by atoms with Crippen LogP contribution in [-0.2, 0) is 0 Å². The van der Waals surface area contributed by atoms with E-state index in [2.05, 4.69) is 25.9 Å². The Hall–Kier alpha value is -4.29. The molecule has 0 saturated heterocycles. The van der Waals surface area contributed by atoms with E-state index in [1.165, 1.54) is 32.1 Å². The van der Waals surface area contributed by atoms with E-state index in [0.717, 1.165) is 12.3 Å². The predicted molar refractivity (Wildman–Crippen MR) is 119 cm³/mol. The molecule has 0 aliphatic carbocycles. The molecule has 10 nitrogen and oxygen atoms in total. The number of hydrogen-bond donors (Lipinski definition) is 3. The number of anilines is 4. The lowest BCUT2D eigenvalue weighted by Crippen LogP contribution is -2.22. The lowest BCUT2D eigenvalue weighted by atomic mass is 10.0. The highest BCUT2D eigenvalue weighted by Crippen LogP contribution is 2.37. The second kappa shape index (κ2) is 9.06. The molecule has 0 fully saturated rings. The van der Waals surface area contributed by atoms with Crippen LogP contribution in [-0.4, -0.2) is 35.2 Å². The van der Waals surface area contributed by atoms with Crippen molar-refractivity contribution in [3.05, 3.63) is 69.9 Å². The summed E-state index contributed by atoms with van der Waals surface area (Å²) in [6.45, 7) is 0.207. The first-order valence-corrected chi connectivity index (χ1v) is 9.85. The van der Waals surface area contributed by atoms with Crippen LogP contribution < -0.4 is 20.7 Å². The third-order valence-corrected chi connectivity index (χ3v) is 4.84. The first-order chi connectivity index (χ1) is 15.8. The molecule has 168 valence electrons. The molecule has 13 heteroatoms. The fraction of sp³-hybridized carbons (Fsp3) is 0.150. The summed E-state index contributed by atoms with van der Waals surface area (Å²) in [6, 6.07) is 7.59. The Morgan fingerprint density at radius 2 is 2.06 bits per heavy atom. The van der Waals surface area contributed by atoms with Gasteiger partial charge in [-0.3, -0.25) is 14.9 Å². The van der Waals surface area contributed by atoms with Gasteiger partial charge in [0.2, 0.25) is 19.6 Å². The number of rotatable bonds is 6. The van der Waals surface area contributed by atoms with Crippen molar-refractivity contribution in [2.24, 2.45) is 0 Å². The molecule has 1 aromatic heterocycles. The Labute approximate surface area is 186 Å². The number of hydrogen-bond acceptors (Lipinski definition) is 8. The topological polar surface area (TPSA) is 131 Å². The number of para-hydroxylation sites is 1. The highest BCUT2D eigenvalue weighted by atomic mass is 19.1. The van der Waals surface area contributed by atoms with Crippen molar-refractivity contribution >= 4 is 42.5 Å². The summed E-state index contributed by atoms with van der Waals surface area (Å²) < 4.78 is 33.3. The summed E-state index contributed by atoms with van der Waals surface area (Å²) in [7, 11) is 1.30. The molecule has 3 aromatic rings. The number of carbonyl (C=O) groups excluding carboxylic acids is 1. The van der Waals surface area contributed by atoms with E-state index in [0.29, 0.717) is 12.0 Å². The van der Waals surface area contributed by atoms with Gasteiger partial charge in [0, 0.05) is 12.0 Å². The molecule has 1 aliphatic rings. The van der Waals surface area contributed by atoms with E-state index in [4.69, 9.17) is 4.74 Å². The Bertz CT molecular complexity index is 1250. The summed E-state index contributed by atoms with van der Waals surface area (Å²) in [4.78, 5) is 30.4. The molecule has 0 spiro atoms. The zero-order valence-electron chi connectivity index (χ0n) is 17.3. The standard InChI is InChI=1S/C20H17BF2N6O4/c21-19(30)26-14-5-4-10(22)8-15(14)27-20-24-9-16(29(31)32)18(28-20)25-13-6-7-33-17-11(13)2-1-3-12(17)23/h1-5,8-9,13H,6-7,21H2,(H,26,30)(H2,24,25,27,28). The SMILES string of the molecule is BC(=O)Nc1ccc(F)cc1Nc1ncc([N+](=O)[O-])c(NC2CCOc3c(F)cccc32)n1. The Morgan fingerprint density at radius 1 is 1.24 bits per heavy atom. The van der Waals surface area contributed by atoms with Gasteiger partial charge in [0.15, 0.2) is 17.4 Å². The number of amides is 1. The summed E-state index contributed by atoms with van der Waals surface area (Å²) >= 11 is 0. The highest BCUT2D eigenvalue weighted by molar-refractivity contribution is 6.60. The maximum atomic E-state index is 14.1. The van der Waals surface area contributed by atoms with Crippen molar-refractivity contribution in [3.8, 4) is 5.75 Å². The van der Waals surface area contributed by atoms with Crippen LogP contribution in [0.4, 0.5) is 42.4 Å². The van der Waals surface area contributed by atoms with Crippen LogP contribution in [0.3, 0.4) is 0 Å². The maximum absolute atomic E-state index is 14.1. The van der Waals surface area contributed by atoms with E-state index in [-0.39, 0.29) is 41.3 Å². The number of nitrogens with one attached hydrogen (secondary N) is 3. The van der Waals surface area contributed by atoms with Crippen molar-refractivity contribution in [3.63, 3.8) is 0 Å². The van der Waals surface area contributed by atoms with Gasteiger partial charge in [-0.1, -0.05) is 12.1 Å². The lowest BCUT2D eigenvalue weighted by Gasteiger charge is -2.27. The fourth-order valence-electron chi connectivity index (χ4n) is 3.42. The summed E-state index contributed by atoms with van der Waals surface area (Å²) in [5, 5.41) is 19.8. The molecule has 1 amide bonds. The summed E-state index contributed by atoms with van der Waals surface area (Å²) in [5.74, 6) is -1.59. The van der Waals surface area contributed by atoms with Crippen LogP contribution in [0.5, 0.6) is 5.75 Å². The lowest BCUT2D eigenvalue weighted by molar-refractivity contribution is -0.384. The van der Waals surface area contributed by atoms with Crippen LogP contribution in [0.2, 0.25) is 0 Å². The van der Waals surface area contributed by atoms with Crippen molar-refractivity contribution < 1.29 is 23.2 Å². The third kappa shape index (κ3) is 4.81. The number of benzene rings is 2. The Kier molecular flexibility index (Phi) is 6.02. The predicted octanol–water partition coefficient (Wildman–Crippen LogP) is 3.51. The maximum Gasteiger partial charge on any atom is 0.329 e. The van der Waals surface area contributed by atoms with Gasteiger partial charge in [-0.05, 0) is 24.3 Å². The van der Waals surface area contributed by atoms with Crippen molar-refractivity contribution in [2.45, 2.75) is 12.5 Å². The second-order valence-electron chi connectivity index (χ2n) is 7.17. The zero-order chi connectivity index (χ0) is 23.5. The molecule has 4 rings (SSSR count). The molecule has 2 heterocycles. The largest absolute Gasteiger partial charge is 0.490 e. The number of carbonyl (C=O) groups is 1. The van der Waals surface area contributed by atoms with Gasteiger partial charge >= 0.3 is 5.69 Å². The molecule has 2 aromatic carbocycles. The average Bonchev–Trinajstić information content (AvgIpc) is 2.76. The van der Waals surface area contributed by atoms with Crippen molar-refractivity contribution in [2.75, 3.05) is 22.6 Å². The van der Waals surface area contributed by atoms with Crippen molar-refractivity contribution in [1.82, 2.24) is 9.97 Å². The first-order valence-electron chi connectivity index (χ1n) is 9.85. The minimum atomic E-state index is -0.650. The Balaban J connectivity index is 1.67. The zero-order valence-corrected chi connectivity index (χ0v) is 17.3. The van der Waals surface area contributed by atoms with Gasteiger partial charge in [-0.2, -0.15) is 4.98 Å². The molecule has 1 aliphatic heterocycles. The van der Waals surface area contributed by atoms with Crippen molar-refractivity contribution in [1.29, 1.82) is 0 Å². The van der Waals surface area contributed by atoms with Crippen LogP contribution >= 0.6 is 0 Å². The number of nitrogens with zero attached hydrogens (tertiary/aromatic N) is 3. The Morgan fingerprint density at radius 3 is 2.82 bits per heavy atom. The van der Waals surface area contributed by atoms with Gasteiger partial charge in [0.05, 0.1) is 28.9 Å². The van der Waals surface area contributed by atoms with Gasteiger partial charge in [0.1, 0.15) is 12.0 Å². The smallest absolute Gasteiger partial charge is 0.329 e. The normalized spacial score (nSPS) is 14.5. The van der Waals surface area contributed by atoms with E-state index in [9.17, 15) is 23.7 Å². The van der Waals surface area contributed by atoms with Crippen LogP contribution in [0.1, 0.15) is 18.0 Å². The molecule has 0 bridgehead atoms.